The van der Waals surface area contributed by atoms with Crippen LogP contribution in [0.15, 0.2) is 18.2 Å². The van der Waals surface area contributed by atoms with Crippen LogP contribution in [-0.4, -0.2) is 21.4 Å². The number of benzene rings is 1. The third kappa shape index (κ3) is 4.13. The van der Waals surface area contributed by atoms with Crippen LogP contribution in [0.1, 0.15) is 57.5 Å². The van der Waals surface area contributed by atoms with Crippen molar-refractivity contribution in [3.8, 4) is 5.75 Å². The average molecular weight is 323 g/mol. The molecule has 0 amide bonds. The smallest absolute Gasteiger partial charge is 0.337 e. The van der Waals surface area contributed by atoms with E-state index in [9.17, 15) is 4.79 Å². The number of methoxy groups -OCH3 is 1. The fraction of sp³-hybridized carbons (Fsp3) is 0.611. The number of esters is 1. The Balaban J connectivity index is 3.34. The molecular weight excluding hydrogens is 292 g/mol. The van der Waals surface area contributed by atoms with Crippen molar-refractivity contribution in [2.24, 2.45) is 0 Å². The van der Waals surface area contributed by atoms with Gasteiger partial charge in [-0.05, 0) is 47.3 Å². The van der Waals surface area contributed by atoms with E-state index < -0.39 is 8.32 Å². The zero-order valence-corrected chi connectivity index (χ0v) is 16.5. The van der Waals surface area contributed by atoms with E-state index in [0.29, 0.717) is 5.56 Å². The summed E-state index contributed by atoms with van der Waals surface area (Å²) in [5.74, 6) is 0.566. The highest BCUT2D eigenvalue weighted by atomic mass is 28.4. The zero-order chi connectivity index (χ0) is 17.3. The van der Waals surface area contributed by atoms with Gasteiger partial charge in [-0.1, -0.05) is 41.5 Å². The van der Waals surface area contributed by atoms with Gasteiger partial charge in [0, 0.05) is 0 Å². The van der Waals surface area contributed by atoms with Gasteiger partial charge in [-0.25, -0.2) is 4.79 Å². The molecule has 0 radical (unpaired) electrons. The quantitative estimate of drug-likeness (QED) is 0.570. The Labute approximate surface area is 136 Å². The Bertz CT molecular complexity index is 548. The van der Waals surface area contributed by atoms with Gasteiger partial charge in [0.25, 0.3) is 0 Å². The molecule has 3 nitrogen and oxygen atoms in total. The van der Waals surface area contributed by atoms with Crippen LogP contribution in [0.3, 0.4) is 0 Å². The average Bonchev–Trinajstić information content (AvgIpc) is 2.35. The van der Waals surface area contributed by atoms with Crippen LogP contribution in [0.4, 0.5) is 0 Å². The Kier molecular flexibility index (Phi) is 5.17. The molecule has 0 aliphatic rings. The molecule has 0 saturated carbocycles. The van der Waals surface area contributed by atoms with E-state index in [1.54, 1.807) is 6.07 Å². The van der Waals surface area contributed by atoms with E-state index in [2.05, 4.69) is 54.6 Å². The topological polar surface area (TPSA) is 35.5 Å². The summed E-state index contributed by atoms with van der Waals surface area (Å²) in [6.45, 7) is 17.5. The third-order valence-electron chi connectivity index (χ3n) is 4.38. The number of ether oxygens (including phenoxy) is 1. The van der Waals surface area contributed by atoms with Crippen molar-refractivity contribution >= 4 is 14.3 Å². The Morgan fingerprint density at radius 1 is 1.05 bits per heavy atom. The third-order valence-corrected chi connectivity index (χ3v) is 8.72. The molecule has 0 aliphatic heterocycles. The lowest BCUT2D eigenvalue weighted by Gasteiger charge is -2.38. The molecule has 1 aromatic rings. The molecule has 1 rings (SSSR count). The van der Waals surface area contributed by atoms with Gasteiger partial charge >= 0.3 is 5.97 Å². The van der Waals surface area contributed by atoms with Gasteiger partial charge in [-0.2, -0.15) is 0 Å². The van der Waals surface area contributed by atoms with Crippen molar-refractivity contribution < 1.29 is 14.0 Å². The lowest BCUT2D eigenvalue weighted by atomic mass is 9.85. The maximum absolute atomic E-state index is 11.8. The first kappa shape index (κ1) is 18.8. The number of hydrogen-bond acceptors (Lipinski definition) is 3. The largest absolute Gasteiger partial charge is 0.543 e. The molecule has 124 valence electrons. The first-order chi connectivity index (χ1) is 9.79. The predicted molar refractivity (Wildman–Crippen MR) is 94.3 cm³/mol. The van der Waals surface area contributed by atoms with Crippen LogP contribution in [0.2, 0.25) is 18.1 Å². The van der Waals surface area contributed by atoms with E-state index in [1.807, 2.05) is 12.1 Å². The lowest BCUT2D eigenvalue weighted by molar-refractivity contribution is 0.0600. The molecule has 0 aliphatic carbocycles. The summed E-state index contributed by atoms with van der Waals surface area (Å²) in [6.07, 6.45) is 0. The number of carbonyl (C=O) groups excluding carboxylic acids is 1. The van der Waals surface area contributed by atoms with Crippen molar-refractivity contribution in [3.05, 3.63) is 29.3 Å². The summed E-state index contributed by atoms with van der Waals surface area (Å²) in [6, 6.07) is 5.59. The molecule has 0 bridgehead atoms. The highest BCUT2D eigenvalue weighted by molar-refractivity contribution is 6.74. The molecule has 0 spiro atoms. The van der Waals surface area contributed by atoms with E-state index in [-0.39, 0.29) is 16.4 Å². The Hall–Kier alpha value is -1.29. The molecule has 0 aromatic heterocycles. The predicted octanol–water partition coefficient (Wildman–Crippen LogP) is 5.15. The highest BCUT2D eigenvalue weighted by Crippen LogP contribution is 2.40. The molecular formula is C18H30O3Si. The van der Waals surface area contributed by atoms with Gasteiger partial charge in [-0.3, -0.25) is 0 Å². The maximum Gasteiger partial charge on any atom is 0.337 e. The van der Waals surface area contributed by atoms with E-state index in [4.69, 9.17) is 9.16 Å². The van der Waals surface area contributed by atoms with Crippen molar-refractivity contribution in [2.45, 2.75) is 65.1 Å². The fourth-order valence-corrected chi connectivity index (χ4v) is 2.91. The van der Waals surface area contributed by atoms with Gasteiger partial charge < -0.3 is 9.16 Å². The van der Waals surface area contributed by atoms with Gasteiger partial charge in [0.1, 0.15) is 5.75 Å². The minimum atomic E-state index is -1.92. The van der Waals surface area contributed by atoms with Crippen molar-refractivity contribution in [3.63, 3.8) is 0 Å². The molecule has 0 atom stereocenters. The highest BCUT2D eigenvalue weighted by Gasteiger charge is 2.40. The second-order valence-electron chi connectivity index (χ2n) is 8.31. The summed E-state index contributed by atoms with van der Waals surface area (Å²) >= 11 is 0. The molecule has 0 heterocycles. The van der Waals surface area contributed by atoms with E-state index >= 15 is 0 Å². The number of rotatable bonds is 3. The minimum absolute atomic E-state index is 0.109. The van der Waals surface area contributed by atoms with Crippen LogP contribution < -0.4 is 4.43 Å². The monoisotopic (exact) mass is 322 g/mol. The maximum atomic E-state index is 11.8. The normalized spacial score (nSPS) is 13.0. The Morgan fingerprint density at radius 2 is 1.59 bits per heavy atom. The van der Waals surface area contributed by atoms with Crippen molar-refractivity contribution in [1.29, 1.82) is 0 Å². The molecule has 0 unspecified atom stereocenters. The summed E-state index contributed by atoms with van der Waals surface area (Å²) < 4.78 is 11.3. The Morgan fingerprint density at radius 3 is 2.00 bits per heavy atom. The standard InChI is InChI=1S/C18H30O3Si/c1-17(2,3)14-12-13(16(19)20-7)10-11-15(14)21-22(8,9)18(4,5)6/h10-12H,1-9H3. The van der Waals surface area contributed by atoms with Gasteiger partial charge in [-0.15, -0.1) is 0 Å². The fourth-order valence-electron chi connectivity index (χ4n) is 1.88. The summed E-state index contributed by atoms with van der Waals surface area (Å²) in [5.41, 5.74) is 1.50. The SMILES string of the molecule is COC(=O)c1ccc(O[Si](C)(C)C(C)(C)C)c(C(C)(C)C)c1. The molecule has 0 N–H and O–H groups in total. The van der Waals surface area contributed by atoms with Gasteiger partial charge in [0.15, 0.2) is 0 Å². The van der Waals surface area contributed by atoms with Crippen LogP contribution in [0.25, 0.3) is 0 Å². The molecule has 0 saturated heterocycles. The van der Waals surface area contributed by atoms with Crippen LogP contribution in [0, 0.1) is 0 Å². The van der Waals surface area contributed by atoms with E-state index in [0.717, 1.165) is 11.3 Å². The molecule has 1 aromatic carbocycles. The second kappa shape index (κ2) is 6.07. The number of carbonyl (C=O) groups is 1. The number of hydrogen-bond donors (Lipinski definition) is 0. The van der Waals surface area contributed by atoms with Crippen molar-refractivity contribution in [1.82, 2.24) is 0 Å². The molecule has 4 heteroatoms. The van der Waals surface area contributed by atoms with Crippen LogP contribution in [-0.2, 0) is 10.2 Å². The van der Waals surface area contributed by atoms with Crippen molar-refractivity contribution in [2.75, 3.05) is 7.11 Å². The lowest BCUT2D eigenvalue weighted by Crippen LogP contribution is -2.44. The van der Waals surface area contributed by atoms with Gasteiger partial charge in [0.05, 0.1) is 12.7 Å². The minimum Gasteiger partial charge on any atom is -0.543 e. The first-order valence-corrected chi connectivity index (χ1v) is 10.6. The molecule has 0 fully saturated rings. The van der Waals surface area contributed by atoms with Crippen LogP contribution in [0.5, 0.6) is 5.75 Å². The second-order valence-corrected chi connectivity index (χ2v) is 13.0. The van der Waals surface area contributed by atoms with Crippen LogP contribution >= 0.6 is 0 Å². The van der Waals surface area contributed by atoms with Gasteiger partial charge in [0.2, 0.25) is 8.32 Å². The first-order valence-electron chi connectivity index (χ1n) is 7.71. The zero-order valence-electron chi connectivity index (χ0n) is 15.5. The summed E-state index contributed by atoms with van der Waals surface area (Å²) in [7, 11) is -0.523. The summed E-state index contributed by atoms with van der Waals surface area (Å²) in [5, 5.41) is 0.128. The molecule has 22 heavy (non-hydrogen) atoms. The summed E-state index contributed by atoms with van der Waals surface area (Å²) in [4.78, 5) is 11.8. The van der Waals surface area contributed by atoms with E-state index in [1.165, 1.54) is 7.11 Å².